The Morgan fingerprint density at radius 2 is 1.86 bits per heavy atom. The number of ether oxygens (including phenoxy) is 3. The predicted octanol–water partition coefficient (Wildman–Crippen LogP) is 2.74. The van der Waals surface area contributed by atoms with E-state index in [0.29, 0.717) is 19.8 Å². The van der Waals surface area contributed by atoms with Gasteiger partial charge in [-0.25, -0.2) is 0 Å². The van der Waals surface area contributed by atoms with Crippen LogP contribution in [0, 0.1) is 10.1 Å². The van der Waals surface area contributed by atoms with Crippen LogP contribution in [0.4, 0.5) is 5.95 Å². The monoisotopic (exact) mass is 382 g/mol. The Labute approximate surface area is 160 Å². The van der Waals surface area contributed by atoms with E-state index in [1.165, 1.54) is 4.68 Å². The van der Waals surface area contributed by atoms with Crippen molar-refractivity contribution < 1.29 is 19.1 Å². The van der Waals surface area contributed by atoms with E-state index in [-0.39, 0.29) is 18.7 Å². The van der Waals surface area contributed by atoms with Gasteiger partial charge in [-0.15, -0.1) is 4.68 Å². The summed E-state index contributed by atoms with van der Waals surface area (Å²) in [6, 6.07) is 17.8. The molecular weight excluding hydrogens is 364 g/mol. The van der Waals surface area contributed by atoms with E-state index in [9.17, 15) is 10.1 Å². The Balaban J connectivity index is 1.27. The van der Waals surface area contributed by atoms with Crippen molar-refractivity contribution in [3.63, 3.8) is 0 Å². The fourth-order valence-corrected chi connectivity index (χ4v) is 2.77. The molecule has 0 saturated carbocycles. The first-order chi connectivity index (χ1) is 13.7. The first kappa shape index (κ1) is 17.9. The van der Waals surface area contributed by atoms with Crippen molar-refractivity contribution in [3.05, 3.63) is 75.8 Å². The third-order valence-electron chi connectivity index (χ3n) is 4.22. The van der Waals surface area contributed by atoms with Crippen molar-refractivity contribution in [1.82, 2.24) is 14.8 Å². The van der Waals surface area contributed by atoms with Gasteiger partial charge in [0, 0.05) is 5.10 Å². The van der Waals surface area contributed by atoms with E-state index in [0.717, 1.165) is 16.9 Å². The second-order valence-electron chi connectivity index (χ2n) is 6.30. The van der Waals surface area contributed by atoms with Gasteiger partial charge in [-0.1, -0.05) is 42.5 Å². The van der Waals surface area contributed by atoms with Crippen LogP contribution in [-0.2, 0) is 24.5 Å². The van der Waals surface area contributed by atoms with E-state index in [1.54, 1.807) is 0 Å². The molecule has 2 aromatic carbocycles. The predicted molar refractivity (Wildman–Crippen MR) is 98.0 cm³/mol. The highest BCUT2D eigenvalue weighted by Crippen LogP contribution is 2.20. The lowest BCUT2D eigenvalue weighted by Gasteiger charge is -2.20. The summed E-state index contributed by atoms with van der Waals surface area (Å²) < 4.78 is 18.4. The summed E-state index contributed by atoms with van der Waals surface area (Å²) in [5, 5.41) is 14.5. The summed E-state index contributed by atoms with van der Waals surface area (Å²) >= 11 is 0. The number of aromatic nitrogens is 3. The molecule has 0 saturated heterocycles. The van der Waals surface area contributed by atoms with Gasteiger partial charge >= 0.3 is 12.0 Å². The molecule has 0 fully saturated rings. The molecule has 9 nitrogen and oxygen atoms in total. The number of rotatable bonds is 7. The number of benzene rings is 2. The van der Waals surface area contributed by atoms with Gasteiger partial charge < -0.3 is 24.3 Å². The standard InChI is InChI=1S/C19H18N4O5/c24-23(25)18-20-19-22(21-18)10-17(13-28-19)27-12-15-6-8-16(9-7-15)26-11-14-4-2-1-3-5-14/h1-9,17H,10-13H2/t17-/m0/s1. The molecule has 0 amide bonds. The van der Waals surface area contributed by atoms with Crippen LogP contribution in [0.25, 0.3) is 0 Å². The zero-order valence-electron chi connectivity index (χ0n) is 14.9. The summed E-state index contributed by atoms with van der Waals surface area (Å²) in [5.41, 5.74) is 2.10. The smallest absolute Gasteiger partial charge is 0.489 e. The number of nitro groups is 1. The van der Waals surface area contributed by atoms with Crippen molar-refractivity contribution in [2.24, 2.45) is 0 Å². The van der Waals surface area contributed by atoms with E-state index >= 15 is 0 Å². The van der Waals surface area contributed by atoms with E-state index in [2.05, 4.69) is 10.1 Å². The summed E-state index contributed by atoms with van der Waals surface area (Å²) in [6.45, 7) is 1.53. The Bertz CT molecular complexity index is 943. The zero-order chi connectivity index (χ0) is 19.3. The SMILES string of the molecule is O=[N+]([O-])c1nc2n(n1)C[C@H](OCc1ccc(OCc3ccccc3)cc1)CO2. The fourth-order valence-electron chi connectivity index (χ4n) is 2.77. The summed E-state index contributed by atoms with van der Waals surface area (Å²) in [7, 11) is 0. The zero-order valence-corrected chi connectivity index (χ0v) is 14.9. The van der Waals surface area contributed by atoms with E-state index in [4.69, 9.17) is 14.2 Å². The number of hydrogen-bond donors (Lipinski definition) is 0. The molecule has 144 valence electrons. The lowest BCUT2D eigenvalue weighted by atomic mass is 10.2. The number of fused-ring (bicyclic) bond motifs is 1. The third-order valence-corrected chi connectivity index (χ3v) is 4.22. The maximum Gasteiger partial charge on any atom is 0.494 e. The van der Waals surface area contributed by atoms with Gasteiger partial charge in [0.15, 0.2) is 0 Å². The summed E-state index contributed by atoms with van der Waals surface area (Å²) in [4.78, 5) is 13.8. The van der Waals surface area contributed by atoms with Gasteiger partial charge in [0.1, 0.15) is 25.1 Å². The molecule has 1 atom stereocenters. The van der Waals surface area contributed by atoms with E-state index in [1.807, 2.05) is 54.6 Å². The van der Waals surface area contributed by atoms with Crippen LogP contribution < -0.4 is 9.47 Å². The maximum absolute atomic E-state index is 10.7. The van der Waals surface area contributed by atoms with Crippen LogP contribution in [0.5, 0.6) is 11.8 Å². The molecule has 1 aromatic heterocycles. The van der Waals surface area contributed by atoms with Crippen LogP contribution in [0.2, 0.25) is 0 Å². The van der Waals surface area contributed by atoms with Gasteiger partial charge in [0.2, 0.25) is 0 Å². The first-order valence-electron chi connectivity index (χ1n) is 8.77. The van der Waals surface area contributed by atoms with Crippen LogP contribution >= 0.6 is 0 Å². The molecule has 2 heterocycles. The lowest BCUT2D eigenvalue weighted by Crippen LogP contribution is -2.32. The molecular formula is C19H18N4O5. The highest BCUT2D eigenvalue weighted by molar-refractivity contribution is 5.27. The molecule has 0 spiro atoms. The second kappa shape index (κ2) is 8.05. The molecule has 28 heavy (non-hydrogen) atoms. The fraction of sp³-hybridized carbons (Fsp3) is 0.263. The molecule has 0 aliphatic carbocycles. The quantitative estimate of drug-likeness (QED) is 0.457. The van der Waals surface area contributed by atoms with Gasteiger partial charge in [0.05, 0.1) is 13.2 Å². The van der Waals surface area contributed by atoms with Crippen LogP contribution in [0.1, 0.15) is 11.1 Å². The minimum atomic E-state index is -0.647. The topological polar surface area (TPSA) is 102 Å². The van der Waals surface area contributed by atoms with Crippen molar-refractivity contribution in [3.8, 4) is 11.8 Å². The number of hydrogen-bond acceptors (Lipinski definition) is 7. The highest BCUT2D eigenvalue weighted by Gasteiger charge is 2.30. The van der Waals surface area contributed by atoms with Crippen LogP contribution in [0.3, 0.4) is 0 Å². The average molecular weight is 382 g/mol. The molecule has 0 N–H and O–H groups in total. The van der Waals surface area contributed by atoms with Crippen LogP contribution in [-0.4, -0.2) is 32.4 Å². The second-order valence-corrected chi connectivity index (χ2v) is 6.30. The van der Waals surface area contributed by atoms with E-state index < -0.39 is 10.9 Å². The summed E-state index contributed by atoms with van der Waals surface area (Å²) in [6.07, 6.45) is -0.261. The lowest BCUT2D eigenvalue weighted by molar-refractivity contribution is -0.394. The van der Waals surface area contributed by atoms with Crippen LogP contribution in [0.15, 0.2) is 54.6 Å². The minimum Gasteiger partial charge on any atom is -0.489 e. The molecule has 0 unspecified atom stereocenters. The Morgan fingerprint density at radius 3 is 2.61 bits per heavy atom. The van der Waals surface area contributed by atoms with Gasteiger partial charge in [-0.3, -0.25) is 0 Å². The Hall–Kier alpha value is -3.46. The van der Waals surface area contributed by atoms with Crippen molar-refractivity contribution in [2.45, 2.75) is 25.9 Å². The van der Waals surface area contributed by atoms with Crippen molar-refractivity contribution in [1.29, 1.82) is 0 Å². The summed E-state index contributed by atoms with van der Waals surface area (Å²) in [5.74, 6) is 0.315. The number of nitrogens with zero attached hydrogens (tertiary/aromatic N) is 4. The van der Waals surface area contributed by atoms with Gasteiger partial charge in [0.25, 0.3) is 0 Å². The molecule has 4 rings (SSSR count). The maximum atomic E-state index is 10.7. The molecule has 1 aliphatic rings. The van der Waals surface area contributed by atoms with Gasteiger partial charge in [-0.2, -0.15) is 0 Å². The normalized spacial score (nSPS) is 15.5. The molecule has 9 heteroatoms. The van der Waals surface area contributed by atoms with Crippen molar-refractivity contribution >= 4 is 5.95 Å². The minimum absolute atomic E-state index is 0.145. The molecule has 0 radical (unpaired) electrons. The Morgan fingerprint density at radius 1 is 1.11 bits per heavy atom. The highest BCUT2D eigenvalue weighted by atomic mass is 16.6. The first-order valence-corrected chi connectivity index (χ1v) is 8.77. The molecule has 3 aromatic rings. The third kappa shape index (κ3) is 4.26. The molecule has 1 aliphatic heterocycles. The average Bonchev–Trinajstić information content (AvgIpc) is 3.16. The molecule has 0 bridgehead atoms. The largest absolute Gasteiger partial charge is 0.494 e. The van der Waals surface area contributed by atoms with Crippen molar-refractivity contribution in [2.75, 3.05) is 6.61 Å². The van der Waals surface area contributed by atoms with Gasteiger partial charge in [-0.05, 0) is 33.2 Å². The Kier molecular flexibility index (Phi) is 5.16.